The topological polar surface area (TPSA) is 58.7 Å². The van der Waals surface area contributed by atoms with E-state index in [1.54, 1.807) is 0 Å². The molecule has 5 heteroatoms. The first-order chi connectivity index (χ1) is 8.26. The molecule has 0 radical (unpaired) electrons. The number of nitrogens with two attached hydrogens (primary N) is 1. The maximum absolute atomic E-state index is 9.14. The van der Waals surface area contributed by atoms with Crippen LogP contribution in [-0.2, 0) is 11.3 Å². The minimum atomic E-state index is -0.148. The summed E-state index contributed by atoms with van der Waals surface area (Å²) in [6.45, 7) is 2.50. The van der Waals surface area contributed by atoms with Crippen molar-refractivity contribution in [1.29, 1.82) is 0 Å². The lowest BCUT2D eigenvalue weighted by molar-refractivity contribution is 0.00353. The molecule has 1 heterocycles. The Hall–Kier alpha value is -0.810. The molecule has 1 aliphatic rings. The summed E-state index contributed by atoms with van der Waals surface area (Å²) in [7, 11) is 0. The van der Waals surface area contributed by atoms with Gasteiger partial charge in [0.25, 0.3) is 0 Å². The number of halogens is 1. The van der Waals surface area contributed by atoms with Gasteiger partial charge in [-0.3, -0.25) is 0 Å². The maximum atomic E-state index is 9.14. The molecule has 1 aromatic rings. The number of morpholine rings is 1. The van der Waals surface area contributed by atoms with E-state index < -0.39 is 0 Å². The average Bonchev–Trinajstić information content (AvgIpc) is 2.38. The zero-order chi connectivity index (χ0) is 12.3. The van der Waals surface area contributed by atoms with E-state index in [0.717, 1.165) is 17.8 Å². The Balaban J connectivity index is 2.26. The fourth-order valence-corrected chi connectivity index (χ4v) is 2.43. The van der Waals surface area contributed by atoms with Crippen molar-refractivity contribution in [2.45, 2.75) is 12.6 Å². The molecular weight excluding hydrogens is 240 g/mol. The molecule has 1 atom stereocenters. The summed E-state index contributed by atoms with van der Waals surface area (Å²) in [5.74, 6) is 0. The molecule has 0 aliphatic carbocycles. The third-order valence-corrected chi connectivity index (χ3v) is 3.25. The Kier molecular flexibility index (Phi) is 4.23. The van der Waals surface area contributed by atoms with Crippen LogP contribution in [0.5, 0.6) is 0 Å². The molecule has 17 heavy (non-hydrogen) atoms. The summed E-state index contributed by atoms with van der Waals surface area (Å²) < 4.78 is 5.43. The first-order valence-corrected chi connectivity index (χ1v) is 6.09. The van der Waals surface area contributed by atoms with Gasteiger partial charge in [0.15, 0.2) is 0 Å². The Bertz CT molecular complexity index is 387. The lowest BCUT2D eigenvalue weighted by Crippen LogP contribution is -2.44. The van der Waals surface area contributed by atoms with Gasteiger partial charge in [0.05, 0.1) is 30.0 Å². The van der Waals surface area contributed by atoms with Crippen molar-refractivity contribution in [2.75, 3.05) is 31.2 Å². The normalized spacial score (nSPS) is 20.6. The second-order valence-electron chi connectivity index (χ2n) is 4.07. The Morgan fingerprint density at radius 1 is 1.53 bits per heavy atom. The number of para-hydroxylation sites is 1. The van der Waals surface area contributed by atoms with Crippen molar-refractivity contribution < 1.29 is 9.84 Å². The number of aliphatic hydroxyl groups excluding tert-OH is 1. The predicted molar refractivity (Wildman–Crippen MR) is 68.4 cm³/mol. The maximum Gasteiger partial charge on any atom is 0.0980 e. The molecule has 3 N–H and O–H groups in total. The monoisotopic (exact) mass is 256 g/mol. The smallest absolute Gasteiger partial charge is 0.0980 e. The van der Waals surface area contributed by atoms with Gasteiger partial charge in [-0.05, 0) is 11.6 Å². The van der Waals surface area contributed by atoms with Gasteiger partial charge in [-0.1, -0.05) is 23.7 Å². The molecule has 0 aromatic heterocycles. The van der Waals surface area contributed by atoms with Gasteiger partial charge < -0.3 is 20.5 Å². The quantitative estimate of drug-likeness (QED) is 0.847. The van der Waals surface area contributed by atoms with Gasteiger partial charge in [0.1, 0.15) is 0 Å². The summed E-state index contributed by atoms with van der Waals surface area (Å²) in [6, 6.07) is 5.74. The molecule has 1 unspecified atom stereocenters. The van der Waals surface area contributed by atoms with Crippen LogP contribution in [0.1, 0.15) is 5.56 Å². The highest BCUT2D eigenvalue weighted by Crippen LogP contribution is 2.30. The number of hydrogen-bond acceptors (Lipinski definition) is 4. The Morgan fingerprint density at radius 2 is 2.35 bits per heavy atom. The SMILES string of the molecule is NCc1cccc(Cl)c1N1CCOC(CO)C1. The van der Waals surface area contributed by atoms with Crippen LogP contribution in [0.4, 0.5) is 5.69 Å². The highest BCUT2D eigenvalue weighted by atomic mass is 35.5. The van der Waals surface area contributed by atoms with Crippen LogP contribution in [0.15, 0.2) is 18.2 Å². The van der Waals surface area contributed by atoms with Gasteiger partial charge in [-0.2, -0.15) is 0 Å². The predicted octanol–water partition coefficient (Wildman–Crippen LogP) is 0.996. The molecule has 1 aromatic carbocycles. The molecule has 0 spiro atoms. The second-order valence-corrected chi connectivity index (χ2v) is 4.48. The summed E-state index contributed by atoms with van der Waals surface area (Å²) >= 11 is 6.23. The number of nitrogens with zero attached hydrogens (tertiary/aromatic N) is 1. The Morgan fingerprint density at radius 3 is 3.06 bits per heavy atom. The van der Waals surface area contributed by atoms with E-state index in [-0.39, 0.29) is 12.7 Å². The van der Waals surface area contributed by atoms with E-state index in [4.69, 9.17) is 27.2 Å². The number of aliphatic hydroxyl groups is 1. The van der Waals surface area contributed by atoms with Crippen LogP contribution < -0.4 is 10.6 Å². The van der Waals surface area contributed by atoms with Crippen LogP contribution in [-0.4, -0.2) is 37.5 Å². The number of anilines is 1. The van der Waals surface area contributed by atoms with Gasteiger partial charge in [-0.25, -0.2) is 0 Å². The first kappa shape index (κ1) is 12.6. The lowest BCUT2D eigenvalue weighted by atomic mass is 10.1. The second kappa shape index (κ2) is 5.69. The van der Waals surface area contributed by atoms with Crippen molar-refractivity contribution in [3.8, 4) is 0 Å². The van der Waals surface area contributed by atoms with E-state index in [1.807, 2.05) is 18.2 Å². The Labute approximate surface area is 106 Å². The zero-order valence-electron chi connectivity index (χ0n) is 9.60. The van der Waals surface area contributed by atoms with E-state index in [2.05, 4.69) is 4.90 Å². The van der Waals surface area contributed by atoms with Crippen molar-refractivity contribution in [3.05, 3.63) is 28.8 Å². The largest absolute Gasteiger partial charge is 0.394 e. The standard InChI is InChI=1S/C12H17ClN2O2/c13-11-3-1-2-9(6-14)12(11)15-4-5-17-10(7-15)8-16/h1-3,10,16H,4-8,14H2. The minimum Gasteiger partial charge on any atom is -0.394 e. The number of ether oxygens (including phenoxy) is 1. The van der Waals surface area contributed by atoms with Gasteiger partial charge in [0, 0.05) is 19.6 Å². The van der Waals surface area contributed by atoms with Crippen molar-refractivity contribution in [1.82, 2.24) is 0 Å². The van der Waals surface area contributed by atoms with Crippen LogP contribution in [0.2, 0.25) is 5.02 Å². The van der Waals surface area contributed by atoms with Gasteiger partial charge in [0.2, 0.25) is 0 Å². The average molecular weight is 257 g/mol. The lowest BCUT2D eigenvalue weighted by Gasteiger charge is -2.35. The third kappa shape index (κ3) is 2.72. The van der Waals surface area contributed by atoms with Crippen molar-refractivity contribution in [2.24, 2.45) is 5.73 Å². The molecule has 1 aliphatic heterocycles. The molecule has 0 saturated carbocycles. The molecular formula is C12H17ClN2O2. The number of benzene rings is 1. The zero-order valence-corrected chi connectivity index (χ0v) is 10.4. The van der Waals surface area contributed by atoms with E-state index in [0.29, 0.717) is 24.7 Å². The summed E-state index contributed by atoms with van der Waals surface area (Å²) in [6.07, 6.45) is -0.148. The van der Waals surface area contributed by atoms with Crippen LogP contribution in [0.3, 0.4) is 0 Å². The number of rotatable bonds is 3. The summed E-state index contributed by atoms with van der Waals surface area (Å²) in [4.78, 5) is 2.13. The first-order valence-electron chi connectivity index (χ1n) is 5.71. The minimum absolute atomic E-state index is 0.0267. The van der Waals surface area contributed by atoms with Crippen LogP contribution >= 0.6 is 11.6 Å². The van der Waals surface area contributed by atoms with Crippen LogP contribution in [0.25, 0.3) is 0 Å². The highest BCUT2D eigenvalue weighted by Gasteiger charge is 2.23. The molecule has 0 amide bonds. The van der Waals surface area contributed by atoms with E-state index in [9.17, 15) is 0 Å². The van der Waals surface area contributed by atoms with Gasteiger partial charge >= 0.3 is 0 Å². The van der Waals surface area contributed by atoms with Crippen LogP contribution in [0, 0.1) is 0 Å². The fourth-order valence-electron chi connectivity index (χ4n) is 2.11. The number of hydrogen-bond donors (Lipinski definition) is 2. The summed E-state index contributed by atoms with van der Waals surface area (Å²) in [5.41, 5.74) is 7.72. The molecule has 2 rings (SSSR count). The van der Waals surface area contributed by atoms with Crippen molar-refractivity contribution >= 4 is 17.3 Å². The fraction of sp³-hybridized carbons (Fsp3) is 0.500. The third-order valence-electron chi connectivity index (χ3n) is 2.95. The molecule has 94 valence electrons. The van der Waals surface area contributed by atoms with E-state index in [1.165, 1.54) is 0 Å². The van der Waals surface area contributed by atoms with E-state index >= 15 is 0 Å². The molecule has 1 saturated heterocycles. The molecule has 4 nitrogen and oxygen atoms in total. The van der Waals surface area contributed by atoms with Gasteiger partial charge in [-0.15, -0.1) is 0 Å². The summed E-state index contributed by atoms with van der Waals surface area (Å²) in [5, 5.41) is 9.84. The highest BCUT2D eigenvalue weighted by molar-refractivity contribution is 6.33. The van der Waals surface area contributed by atoms with Crippen molar-refractivity contribution in [3.63, 3.8) is 0 Å². The molecule has 0 bridgehead atoms. The molecule has 1 fully saturated rings.